The summed E-state index contributed by atoms with van der Waals surface area (Å²) in [5, 5.41) is 10.8. The lowest BCUT2D eigenvalue weighted by Gasteiger charge is -2.03. The number of rotatable bonds is 1. The average molecular weight is 323 g/mol. The molecular formula is C15H6Cl3NO. The minimum atomic E-state index is 0.164. The van der Waals surface area contributed by atoms with Gasteiger partial charge in [0.15, 0.2) is 5.58 Å². The van der Waals surface area contributed by atoms with Gasteiger partial charge in [-0.25, -0.2) is 0 Å². The molecule has 1 aromatic heterocycles. The van der Waals surface area contributed by atoms with Crippen molar-refractivity contribution in [3.05, 3.63) is 57.2 Å². The van der Waals surface area contributed by atoms with Crippen LogP contribution in [0.3, 0.4) is 0 Å². The Morgan fingerprint density at radius 1 is 1.00 bits per heavy atom. The zero-order valence-electron chi connectivity index (χ0n) is 9.95. The van der Waals surface area contributed by atoms with Gasteiger partial charge in [-0.15, -0.1) is 0 Å². The van der Waals surface area contributed by atoms with Crippen molar-refractivity contribution in [3.8, 4) is 17.2 Å². The van der Waals surface area contributed by atoms with Gasteiger partial charge >= 0.3 is 0 Å². The number of nitrogens with zero attached hydrogens (tertiary/aromatic N) is 1. The van der Waals surface area contributed by atoms with Gasteiger partial charge in [0.05, 0.1) is 20.5 Å². The van der Waals surface area contributed by atoms with Gasteiger partial charge in [-0.1, -0.05) is 65.1 Å². The van der Waals surface area contributed by atoms with E-state index in [-0.39, 0.29) is 5.76 Å². The third-order valence-corrected chi connectivity index (χ3v) is 4.04. The van der Waals surface area contributed by atoms with Crippen LogP contribution in [0.2, 0.25) is 15.1 Å². The van der Waals surface area contributed by atoms with E-state index in [1.54, 1.807) is 0 Å². The molecule has 0 radical (unpaired) electrons. The van der Waals surface area contributed by atoms with Crippen LogP contribution in [0.15, 0.2) is 40.8 Å². The molecule has 0 aliphatic rings. The van der Waals surface area contributed by atoms with E-state index >= 15 is 0 Å². The van der Waals surface area contributed by atoms with Crippen molar-refractivity contribution in [3.63, 3.8) is 0 Å². The highest BCUT2D eigenvalue weighted by molar-refractivity contribution is 6.48. The number of furan rings is 1. The molecule has 0 bridgehead atoms. The highest BCUT2D eigenvalue weighted by Crippen LogP contribution is 2.44. The first-order valence-electron chi connectivity index (χ1n) is 5.69. The minimum Gasteiger partial charge on any atom is -0.443 e. The Balaban J connectivity index is 2.51. The molecule has 0 saturated heterocycles. The van der Waals surface area contributed by atoms with Gasteiger partial charge < -0.3 is 4.42 Å². The fraction of sp³-hybridized carbons (Fsp3) is 0. The van der Waals surface area contributed by atoms with Crippen molar-refractivity contribution in [2.75, 3.05) is 0 Å². The molecule has 0 spiro atoms. The third kappa shape index (κ3) is 1.96. The van der Waals surface area contributed by atoms with Gasteiger partial charge in [0.2, 0.25) is 5.76 Å². The summed E-state index contributed by atoms with van der Waals surface area (Å²) in [6.45, 7) is 0. The molecular weight excluding hydrogens is 317 g/mol. The smallest absolute Gasteiger partial charge is 0.212 e. The second-order valence-corrected chi connectivity index (χ2v) is 5.33. The standard InChI is InChI=1S/C15H6Cl3NO/c16-9-6-10(17)15-13(14(9)18)12(11(7-19)20-15)8-4-2-1-3-5-8/h1-6H. The average Bonchev–Trinajstić information content (AvgIpc) is 2.86. The lowest BCUT2D eigenvalue weighted by molar-refractivity contribution is 0.601. The molecule has 5 heteroatoms. The molecule has 0 unspecified atom stereocenters. The van der Waals surface area contributed by atoms with Crippen LogP contribution >= 0.6 is 34.8 Å². The molecule has 0 N–H and O–H groups in total. The molecule has 3 aromatic rings. The first kappa shape index (κ1) is 13.3. The number of benzene rings is 2. The fourth-order valence-electron chi connectivity index (χ4n) is 2.13. The summed E-state index contributed by atoms with van der Waals surface area (Å²) in [6.07, 6.45) is 0. The Hall–Kier alpha value is -1.66. The maximum Gasteiger partial charge on any atom is 0.212 e. The number of hydrogen-bond donors (Lipinski definition) is 0. The summed E-state index contributed by atoms with van der Waals surface area (Å²) < 4.78 is 5.53. The van der Waals surface area contributed by atoms with Gasteiger partial charge in [0.25, 0.3) is 0 Å². The summed E-state index contributed by atoms with van der Waals surface area (Å²) >= 11 is 18.4. The van der Waals surface area contributed by atoms with Gasteiger partial charge in [0.1, 0.15) is 6.07 Å². The van der Waals surface area contributed by atoms with Crippen LogP contribution in [0.25, 0.3) is 22.1 Å². The van der Waals surface area contributed by atoms with E-state index in [2.05, 4.69) is 0 Å². The maximum atomic E-state index is 9.27. The molecule has 0 saturated carbocycles. The zero-order valence-corrected chi connectivity index (χ0v) is 12.2. The van der Waals surface area contributed by atoms with Crippen molar-refractivity contribution >= 4 is 45.8 Å². The lowest BCUT2D eigenvalue weighted by Crippen LogP contribution is -1.81. The van der Waals surface area contributed by atoms with Crippen molar-refractivity contribution in [1.82, 2.24) is 0 Å². The Morgan fingerprint density at radius 3 is 2.35 bits per heavy atom. The predicted molar refractivity (Wildman–Crippen MR) is 81.4 cm³/mol. The van der Waals surface area contributed by atoms with Crippen molar-refractivity contribution in [2.45, 2.75) is 0 Å². The maximum absolute atomic E-state index is 9.27. The Labute approximate surface area is 130 Å². The van der Waals surface area contributed by atoms with Crippen LogP contribution in [0.1, 0.15) is 5.76 Å². The third-order valence-electron chi connectivity index (χ3n) is 2.97. The monoisotopic (exact) mass is 321 g/mol. The molecule has 0 atom stereocenters. The van der Waals surface area contributed by atoms with E-state index < -0.39 is 0 Å². The van der Waals surface area contributed by atoms with Gasteiger partial charge in [-0.2, -0.15) is 5.26 Å². The predicted octanol–water partition coefficient (Wildman–Crippen LogP) is 5.93. The van der Waals surface area contributed by atoms with Crippen LogP contribution in [0.4, 0.5) is 0 Å². The molecule has 1 heterocycles. The highest BCUT2D eigenvalue weighted by Gasteiger charge is 2.22. The van der Waals surface area contributed by atoms with Gasteiger partial charge in [-0.05, 0) is 11.6 Å². The van der Waals surface area contributed by atoms with Crippen LogP contribution in [-0.2, 0) is 0 Å². The van der Waals surface area contributed by atoms with E-state index in [0.29, 0.717) is 31.6 Å². The van der Waals surface area contributed by atoms with Gasteiger partial charge in [-0.3, -0.25) is 0 Å². The number of nitriles is 1. The van der Waals surface area contributed by atoms with Gasteiger partial charge in [0, 0.05) is 5.56 Å². The summed E-state index contributed by atoms with van der Waals surface area (Å²) in [6, 6.07) is 12.9. The highest BCUT2D eigenvalue weighted by atomic mass is 35.5. The van der Waals surface area contributed by atoms with Crippen LogP contribution in [0, 0.1) is 11.3 Å². The summed E-state index contributed by atoms with van der Waals surface area (Å²) in [5.74, 6) is 0.164. The second kappa shape index (κ2) is 5.03. The molecule has 20 heavy (non-hydrogen) atoms. The van der Waals surface area contributed by atoms with E-state index in [4.69, 9.17) is 39.2 Å². The van der Waals surface area contributed by atoms with Crippen LogP contribution in [0.5, 0.6) is 0 Å². The largest absolute Gasteiger partial charge is 0.443 e. The molecule has 2 nitrogen and oxygen atoms in total. The first-order chi connectivity index (χ1) is 9.63. The second-order valence-electron chi connectivity index (χ2n) is 4.14. The minimum absolute atomic E-state index is 0.164. The number of halogens is 3. The van der Waals surface area contributed by atoms with Crippen molar-refractivity contribution < 1.29 is 4.42 Å². The van der Waals surface area contributed by atoms with E-state index in [9.17, 15) is 5.26 Å². The van der Waals surface area contributed by atoms with E-state index in [1.165, 1.54) is 6.07 Å². The Morgan fingerprint density at radius 2 is 1.70 bits per heavy atom. The molecule has 0 amide bonds. The van der Waals surface area contributed by atoms with Crippen molar-refractivity contribution in [2.24, 2.45) is 0 Å². The van der Waals surface area contributed by atoms with Crippen LogP contribution in [-0.4, -0.2) is 0 Å². The summed E-state index contributed by atoms with van der Waals surface area (Å²) in [5.41, 5.74) is 1.80. The summed E-state index contributed by atoms with van der Waals surface area (Å²) in [7, 11) is 0. The quantitative estimate of drug-likeness (QED) is 0.520. The Kier molecular flexibility index (Phi) is 3.35. The first-order valence-corrected chi connectivity index (χ1v) is 6.82. The molecule has 0 aliphatic carbocycles. The molecule has 3 rings (SSSR count). The van der Waals surface area contributed by atoms with Crippen LogP contribution < -0.4 is 0 Å². The van der Waals surface area contributed by atoms with Crippen molar-refractivity contribution in [1.29, 1.82) is 5.26 Å². The number of hydrogen-bond acceptors (Lipinski definition) is 2. The molecule has 2 aromatic carbocycles. The lowest BCUT2D eigenvalue weighted by atomic mass is 10.0. The molecule has 98 valence electrons. The fourth-order valence-corrected chi connectivity index (χ4v) is 2.86. The number of fused-ring (bicyclic) bond motifs is 1. The zero-order chi connectivity index (χ0) is 14.3. The SMILES string of the molecule is N#Cc1oc2c(Cl)cc(Cl)c(Cl)c2c1-c1ccccc1. The topological polar surface area (TPSA) is 36.9 Å². The molecule has 0 fully saturated rings. The molecule has 0 aliphatic heterocycles. The Bertz CT molecular complexity index is 847. The van der Waals surface area contributed by atoms with E-state index in [1.807, 2.05) is 36.4 Å². The van der Waals surface area contributed by atoms with E-state index in [0.717, 1.165) is 5.56 Å². The summed E-state index contributed by atoms with van der Waals surface area (Å²) in [4.78, 5) is 0. The normalized spacial score (nSPS) is 10.7.